The van der Waals surface area contributed by atoms with Crippen LogP contribution in [0.2, 0.25) is 0 Å². The van der Waals surface area contributed by atoms with Crippen LogP contribution in [0, 0.1) is 0 Å². The fraction of sp³-hybridized carbons (Fsp3) is 0.692. The van der Waals surface area contributed by atoms with Crippen molar-refractivity contribution in [3.8, 4) is 0 Å². The minimum Gasteiger partial charge on any atom is -0.394 e. The van der Waals surface area contributed by atoms with Gasteiger partial charge < -0.3 is 45.5 Å². The minimum atomic E-state index is -2.06. The maximum absolute atomic E-state index is 14.5. The second-order valence-electron chi connectivity index (χ2n) is 5.76. The van der Waals surface area contributed by atoms with E-state index in [1.165, 1.54) is 0 Å². The second kappa shape index (κ2) is 8.32. The van der Waals surface area contributed by atoms with Crippen molar-refractivity contribution in [3.05, 3.63) is 22.7 Å². The van der Waals surface area contributed by atoms with E-state index in [-0.39, 0.29) is 5.12 Å². The molecule has 0 radical (unpaired) electrons. The molecule has 1 aromatic heterocycles. The molecule has 1 saturated heterocycles. The molecule has 8 atom stereocenters. The Labute approximate surface area is 145 Å². The number of nitrogens with one attached hydrogen (secondary N) is 1. The number of nitrogens with zero attached hydrogens (tertiary/aromatic N) is 2. The summed E-state index contributed by atoms with van der Waals surface area (Å²) >= 11 is 0. The summed E-state index contributed by atoms with van der Waals surface area (Å²) in [6.45, 7) is -0.929. The molecule has 1 aliphatic heterocycles. The van der Waals surface area contributed by atoms with Crippen molar-refractivity contribution < 1.29 is 45.0 Å². The van der Waals surface area contributed by atoms with Gasteiger partial charge in [0.15, 0.2) is 12.0 Å². The molecule has 12 nitrogen and oxygen atoms in total. The lowest BCUT2D eigenvalue weighted by molar-refractivity contribution is -0.262. The SMILES string of the molecule is O=c1nc(N(F)C2O[C@H]([C@H](O)[C@@H](O)[C@H](O)CO)[C@@H](O)[C@@H](O)[C@@H]2O)cc[nH]1. The highest BCUT2D eigenvalue weighted by atomic mass is 19.2. The topological polar surface area (TPSA) is 200 Å². The number of halogens is 1. The van der Waals surface area contributed by atoms with Gasteiger partial charge in [-0.1, -0.05) is 4.48 Å². The van der Waals surface area contributed by atoms with Crippen LogP contribution in [0.1, 0.15) is 0 Å². The summed E-state index contributed by atoms with van der Waals surface area (Å²) < 4.78 is 19.6. The highest BCUT2D eigenvalue weighted by molar-refractivity contribution is 5.34. The molecule has 1 unspecified atom stereocenters. The van der Waals surface area contributed by atoms with Crippen LogP contribution in [0.25, 0.3) is 0 Å². The van der Waals surface area contributed by atoms with E-state index in [0.29, 0.717) is 0 Å². The quantitative estimate of drug-likeness (QED) is 0.220. The Morgan fingerprint density at radius 3 is 2.46 bits per heavy atom. The normalized spacial score (nSPS) is 32.7. The zero-order chi connectivity index (χ0) is 19.6. The first kappa shape index (κ1) is 20.6. The van der Waals surface area contributed by atoms with E-state index in [1.807, 2.05) is 0 Å². The van der Waals surface area contributed by atoms with Crippen molar-refractivity contribution in [2.75, 3.05) is 11.7 Å². The van der Waals surface area contributed by atoms with Crippen LogP contribution in [0.3, 0.4) is 0 Å². The van der Waals surface area contributed by atoms with E-state index in [4.69, 9.17) is 9.84 Å². The Bertz CT molecular complexity index is 649. The highest BCUT2D eigenvalue weighted by Gasteiger charge is 2.51. The van der Waals surface area contributed by atoms with Gasteiger partial charge in [-0.05, 0) is 6.07 Å². The standard InChI is InChI=1S/C13H20FN3O9/c14-17(5-1-2-15-13(25)16-5)12-10(24)7(21)9(23)11(26-12)8(22)6(20)4(19)3-18/h1-2,4,6-12,18-24H,3H2,(H,15,16,25)/t4-,6+,7-,8-,9+,10+,11-,12?/m1/s1. The van der Waals surface area contributed by atoms with Gasteiger partial charge in [0.05, 0.1) is 6.61 Å². The molecule has 26 heavy (non-hydrogen) atoms. The Hall–Kier alpha value is -1.71. The molecule has 148 valence electrons. The zero-order valence-electron chi connectivity index (χ0n) is 13.2. The summed E-state index contributed by atoms with van der Waals surface area (Å²) in [7, 11) is 0. The van der Waals surface area contributed by atoms with Crippen molar-refractivity contribution in [1.82, 2.24) is 9.97 Å². The van der Waals surface area contributed by atoms with Gasteiger partial charge in [-0.2, -0.15) is 10.1 Å². The molecule has 8 N–H and O–H groups in total. The Balaban J connectivity index is 2.26. The van der Waals surface area contributed by atoms with Crippen LogP contribution >= 0.6 is 0 Å². The van der Waals surface area contributed by atoms with Crippen molar-refractivity contribution >= 4 is 5.82 Å². The number of anilines is 1. The average molecular weight is 381 g/mol. The number of aliphatic hydroxyl groups excluding tert-OH is 7. The minimum absolute atomic E-state index is 0.302. The lowest BCUT2D eigenvalue weighted by atomic mass is 9.91. The summed E-state index contributed by atoms with van der Waals surface area (Å²) in [6, 6.07) is 1.02. The summed E-state index contributed by atoms with van der Waals surface area (Å²) in [5, 5.41) is 67.4. The number of hydrogen-bond donors (Lipinski definition) is 8. The molecule has 2 rings (SSSR count). The van der Waals surface area contributed by atoms with Crippen molar-refractivity contribution in [2.45, 2.75) is 49.0 Å². The molecule has 0 spiro atoms. The van der Waals surface area contributed by atoms with E-state index < -0.39 is 67.1 Å². The monoisotopic (exact) mass is 381 g/mol. The lowest BCUT2D eigenvalue weighted by Gasteiger charge is -2.44. The largest absolute Gasteiger partial charge is 0.394 e. The maximum atomic E-state index is 14.5. The molecule has 13 heteroatoms. The Morgan fingerprint density at radius 1 is 1.23 bits per heavy atom. The van der Waals surface area contributed by atoms with Crippen LogP contribution in [0.5, 0.6) is 0 Å². The van der Waals surface area contributed by atoms with Crippen LogP contribution in [0.4, 0.5) is 10.3 Å². The third-order valence-electron chi connectivity index (χ3n) is 3.99. The van der Waals surface area contributed by atoms with Gasteiger partial charge in [0.25, 0.3) is 0 Å². The summed E-state index contributed by atoms with van der Waals surface area (Å²) in [5.74, 6) is -0.592. The van der Waals surface area contributed by atoms with Crippen LogP contribution in [-0.2, 0) is 4.74 Å². The van der Waals surface area contributed by atoms with Gasteiger partial charge in [0.2, 0.25) is 0 Å². The van der Waals surface area contributed by atoms with Gasteiger partial charge in [0.1, 0.15) is 42.7 Å². The molecule has 0 amide bonds. The number of H-pyrrole nitrogens is 1. The highest BCUT2D eigenvalue weighted by Crippen LogP contribution is 2.29. The summed E-state index contributed by atoms with van der Waals surface area (Å²) in [6.07, 6.45) is -14.7. The number of rotatable bonds is 6. The van der Waals surface area contributed by atoms with E-state index in [0.717, 1.165) is 12.3 Å². The fourth-order valence-corrected chi connectivity index (χ4v) is 2.50. The van der Waals surface area contributed by atoms with Crippen molar-refractivity contribution in [3.63, 3.8) is 0 Å². The van der Waals surface area contributed by atoms with E-state index in [1.54, 1.807) is 0 Å². The average Bonchev–Trinajstić information content (AvgIpc) is 2.64. The molecule has 0 saturated carbocycles. The number of aromatic nitrogens is 2. The van der Waals surface area contributed by atoms with Gasteiger partial charge >= 0.3 is 5.69 Å². The third kappa shape index (κ3) is 3.99. The first-order chi connectivity index (χ1) is 12.2. The van der Waals surface area contributed by atoms with Gasteiger partial charge in [-0.3, -0.25) is 0 Å². The van der Waals surface area contributed by atoms with Gasteiger partial charge in [-0.25, -0.2) is 4.79 Å². The Kier molecular flexibility index (Phi) is 6.59. The predicted octanol–water partition coefficient (Wildman–Crippen LogP) is -4.66. The number of hydrogen-bond acceptors (Lipinski definition) is 11. The van der Waals surface area contributed by atoms with E-state index in [2.05, 4.69) is 9.97 Å². The third-order valence-corrected chi connectivity index (χ3v) is 3.99. The molecule has 0 bridgehead atoms. The number of aromatic amines is 1. The molecule has 0 aliphatic carbocycles. The fourth-order valence-electron chi connectivity index (χ4n) is 2.50. The summed E-state index contributed by atoms with van der Waals surface area (Å²) in [5.41, 5.74) is -0.908. The second-order valence-corrected chi connectivity index (χ2v) is 5.76. The molecular formula is C13H20FN3O9. The van der Waals surface area contributed by atoms with Gasteiger partial charge in [0, 0.05) is 6.20 Å². The number of ether oxygens (including phenoxy) is 1. The first-order valence-corrected chi connectivity index (χ1v) is 7.54. The van der Waals surface area contributed by atoms with Crippen LogP contribution in [-0.4, -0.2) is 101 Å². The summed E-state index contributed by atoms with van der Waals surface area (Å²) in [4.78, 5) is 16.6. The number of aliphatic hydroxyl groups is 7. The molecule has 1 aromatic rings. The van der Waals surface area contributed by atoms with Crippen molar-refractivity contribution in [2.24, 2.45) is 0 Å². The molecule has 0 aromatic carbocycles. The van der Waals surface area contributed by atoms with Crippen LogP contribution in [0.15, 0.2) is 17.1 Å². The smallest absolute Gasteiger partial charge is 0.346 e. The lowest BCUT2D eigenvalue weighted by Crippen LogP contribution is -2.66. The van der Waals surface area contributed by atoms with Gasteiger partial charge in [-0.15, -0.1) is 0 Å². The first-order valence-electron chi connectivity index (χ1n) is 7.54. The maximum Gasteiger partial charge on any atom is 0.346 e. The van der Waals surface area contributed by atoms with E-state index in [9.17, 15) is 39.9 Å². The molecule has 1 aliphatic rings. The molecule has 2 heterocycles. The van der Waals surface area contributed by atoms with E-state index >= 15 is 0 Å². The Morgan fingerprint density at radius 2 is 1.88 bits per heavy atom. The van der Waals surface area contributed by atoms with Crippen molar-refractivity contribution in [1.29, 1.82) is 0 Å². The van der Waals surface area contributed by atoms with Crippen LogP contribution < -0.4 is 10.8 Å². The molecule has 1 fully saturated rings. The predicted molar refractivity (Wildman–Crippen MR) is 80.2 cm³/mol. The zero-order valence-corrected chi connectivity index (χ0v) is 13.2. The molecular weight excluding hydrogens is 361 g/mol.